The van der Waals surface area contributed by atoms with Gasteiger partial charge in [-0.25, -0.2) is 0 Å². The van der Waals surface area contributed by atoms with E-state index in [2.05, 4.69) is 13.7 Å². The number of rotatable bonds is 0. The van der Waals surface area contributed by atoms with Crippen molar-refractivity contribution in [2.45, 2.75) is 0 Å². The van der Waals surface area contributed by atoms with Crippen LogP contribution < -0.4 is 0 Å². The first-order valence-corrected chi connectivity index (χ1v) is 1.93. The molecule has 0 aromatic heterocycles. The Morgan fingerprint density at radius 2 is 1.75 bits per heavy atom. The van der Waals surface area contributed by atoms with Gasteiger partial charge in [-0.15, -0.1) is 0 Å². The fourth-order valence-electron chi connectivity index (χ4n) is 0. The molecule has 0 saturated carbocycles. The molecule has 0 rings (SSSR count). The molecule has 0 saturated heterocycles. The zero-order valence-electron chi connectivity index (χ0n) is 2.43. The van der Waals surface area contributed by atoms with Crippen molar-refractivity contribution < 1.29 is 22.8 Å². The van der Waals surface area contributed by atoms with E-state index < -0.39 is 0 Å². The fourth-order valence-corrected chi connectivity index (χ4v) is 0. The van der Waals surface area contributed by atoms with Gasteiger partial charge in [0.25, 0.3) is 0 Å². The van der Waals surface area contributed by atoms with Crippen LogP contribution in [0.2, 0.25) is 0 Å². The van der Waals surface area contributed by atoms with Gasteiger partial charge in [0.05, 0.1) is 0 Å². The van der Waals surface area contributed by atoms with E-state index in [4.69, 9.17) is 0 Å². The van der Waals surface area contributed by atoms with Crippen LogP contribution in [0.15, 0.2) is 0 Å². The van der Waals surface area contributed by atoms with E-state index in [1.165, 1.54) is 0 Å². The SMILES string of the molecule is [SiH3]OP.[V]. The van der Waals surface area contributed by atoms with Crippen molar-refractivity contribution in [3.8, 4) is 0 Å². The van der Waals surface area contributed by atoms with E-state index in [0.717, 1.165) is 10.5 Å². The molecule has 0 aromatic rings. The minimum atomic E-state index is 0. The van der Waals surface area contributed by atoms with E-state index in [-0.39, 0.29) is 18.6 Å². The zero-order valence-corrected chi connectivity index (χ0v) is 6.98. The van der Waals surface area contributed by atoms with Gasteiger partial charge in [0.2, 0.25) is 0 Å². The summed E-state index contributed by atoms with van der Waals surface area (Å²) in [5.74, 6) is 0. The first kappa shape index (κ1) is 8.95. The fraction of sp³-hybridized carbons (Fsp3) is 0. The van der Waals surface area contributed by atoms with Crippen molar-refractivity contribution >= 4 is 20.0 Å². The quantitative estimate of drug-likeness (QED) is 0.305. The average molecular weight is 131 g/mol. The summed E-state index contributed by atoms with van der Waals surface area (Å²) in [6, 6.07) is 0. The van der Waals surface area contributed by atoms with Gasteiger partial charge in [0, 0.05) is 18.6 Å². The van der Waals surface area contributed by atoms with Crippen LogP contribution in [0.25, 0.3) is 0 Å². The largest absolute Gasteiger partial charge is 0.412 e. The molecule has 1 nitrogen and oxygen atoms in total. The van der Waals surface area contributed by atoms with Crippen molar-refractivity contribution in [3.05, 3.63) is 0 Å². The first-order valence-electron chi connectivity index (χ1n) is 0.644. The van der Waals surface area contributed by atoms with Gasteiger partial charge in [-0.1, -0.05) is 0 Å². The second kappa shape index (κ2) is 8.89. The smallest absolute Gasteiger partial charge is 0.150 e. The molecule has 0 N–H and O–H groups in total. The third kappa shape index (κ3) is 10.8. The summed E-state index contributed by atoms with van der Waals surface area (Å²) in [5, 5.41) is 0. The zero-order chi connectivity index (χ0) is 2.71. The van der Waals surface area contributed by atoms with Crippen LogP contribution in [0.3, 0.4) is 0 Å². The molecule has 0 aliphatic heterocycles. The van der Waals surface area contributed by atoms with Gasteiger partial charge in [0.1, 0.15) is 0 Å². The molecule has 1 atom stereocenters. The Hall–Kier alpha value is 1.19. The molecule has 0 aromatic carbocycles. The maximum Gasteiger partial charge on any atom is 0.150 e. The topological polar surface area (TPSA) is 9.23 Å². The summed E-state index contributed by atoms with van der Waals surface area (Å²) in [6.45, 7) is 0. The van der Waals surface area contributed by atoms with E-state index in [1.54, 1.807) is 0 Å². The van der Waals surface area contributed by atoms with Crippen molar-refractivity contribution in [2.75, 3.05) is 0 Å². The predicted molar refractivity (Wildman–Crippen MR) is 20.7 cm³/mol. The van der Waals surface area contributed by atoms with Crippen LogP contribution >= 0.6 is 9.47 Å². The molecule has 4 heteroatoms. The minimum absolute atomic E-state index is 0. The summed E-state index contributed by atoms with van der Waals surface area (Å²) >= 11 is 0. The van der Waals surface area contributed by atoms with Crippen LogP contribution in [0.1, 0.15) is 0 Å². The van der Waals surface area contributed by atoms with Crippen LogP contribution in [0.4, 0.5) is 0 Å². The predicted octanol–water partition coefficient (Wildman–Crippen LogP) is -0.929. The molecule has 0 amide bonds. The van der Waals surface area contributed by atoms with Gasteiger partial charge in [-0.05, 0) is 9.47 Å². The van der Waals surface area contributed by atoms with Crippen LogP contribution in [-0.4, -0.2) is 10.5 Å². The van der Waals surface area contributed by atoms with Gasteiger partial charge in [-0.3, -0.25) is 0 Å². The minimum Gasteiger partial charge on any atom is -0.412 e. The monoisotopic (exact) mass is 131 g/mol. The molecule has 0 aliphatic rings. The van der Waals surface area contributed by atoms with Gasteiger partial charge in [-0.2, -0.15) is 0 Å². The van der Waals surface area contributed by atoms with Crippen molar-refractivity contribution in [2.24, 2.45) is 0 Å². The molecule has 4 heavy (non-hydrogen) atoms. The normalized spacial score (nSPS) is 5.25. The summed E-state index contributed by atoms with van der Waals surface area (Å²) in [4.78, 5) is 0. The molecule has 1 radical (unpaired) electrons. The molecular weight excluding hydrogens is 126 g/mol. The molecule has 0 fully saturated rings. The maximum absolute atomic E-state index is 4.31. The van der Waals surface area contributed by atoms with Gasteiger partial charge in [0.15, 0.2) is 10.5 Å². The Morgan fingerprint density at radius 3 is 1.75 bits per heavy atom. The van der Waals surface area contributed by atoms with E-state index in [0.29, 0.717) is 0 Å². The third-order valence-corrected chi connectivity index (χ3v) is 0. The van der Waals surface area contributed by atoms with E-state index >= 15 is 0 Å². The molecule has 0 heterocycles. The third-order valence-electron chi connectivity index (χ3n) is 0. The van der Waals surface area contributed by atoms with Crippen molar-refractivity contribution in [1.82, 2.24) is 0 Å². The van der Waals surface area contributed by atoms with Crippen molar-refractivity contribution in [3.63, 3.8) is 0 Å². The molecule has 0 bridgehead atoms. The van der Waals surface area contributed by atoms with E-state index in [1.807, 2.05) is 0 Å². The van der Waals surface area contributed by atoms with Gasteiger partial charge >= 0.3 is 0 Å². The number of hydrogen-bond donors (Lipinski definition) is 0. The Bertz CT molecular complexity index is 8.00. The Labute approximate surface area is 43.2 Å². The second-order valence-corrected chi connectivity index (χ2v) is 2.12. The Balaban J connectivity index is 0. The standard InChI is InChI=1S/H5OPSi.V/c2-1-3;/h2H2,3H3;. The van der Waals surface area contributed by atoms with E-state index in [9.17, 15) is 0 Å². The molecular formula is H5OPSiV. The van der Waals surface area contributed by atoms with Crippen LogP contribution in [0.5, 0.6) is 0 Å². The first-order chi connectivity index (χ1) is 1.41. The summed E-state index contributed by atoms with van der Waals surface area (Å²) in [7, 11) is 2.97. The molecule has 0 spiro atoms. The average Bonchev–Trinajstić information content (AvgIpc) is 0.918. The van der Waals surface area contributed by atoms with Crippen LogP contribution in [0, 0.1) is 0 Å². The summed E-state index contributed by atoms with van der Waals surface area (Å²) < 4.78 is 4.31. The number of hydrogen-bond acceptors (Lipinski definition) is 1. The Morgan fingerprint density at radius 1 is 1.75 bits per heavy atom. The van der Waals surface area contributed by atoms with Gasteiger partial charge < -0.3 is 4.21 Å². The van der Waals surface area contributed by atoms with Crippen LogP contribution in [-0.2, 0) is 22.8 Å². The Kier molecular flexibility index (Phi) is 19.9. The molecule has 0 aliphatic carbocycles. The van der Waals surface area contributed by atoms with Crippen molar-refractivity contribution in [1.29, 1.82) is 0 Å². The summed E-state index contributed by atoms with van der Waals surface area (Å²) in [6.07, 6.45) is 0. The second-order valence-electron chi connectivity index (χ2n) is 0.236. The molecule has 1 unspecified atom stereocenters. The maximum atomic E-state index is 4.31. The summed E-state index contributed by atoms with van der Waals surface area (Å²) in [5.41, 5.74) is 0. The molecule has 25 valence electrons.